The summed E-state index contributed by atoms with van der Waals surface area (Å²) in [5.41, 5.74) is 5.88. The molecule has 0 fully saturated rings. The molecule has 0 radical (unpaired) electrons. The fourth-order valence-electron chi connectivity index (χ4n) is 1.68. The lowest BCUT2D eigenvalue weighted by Crippen LogP contribution is -2.15. The quantitative estimate of drug-likeness (QED) is 0.855. The summed E-state index contributed by atoms with van der Waals surface area (Å²) in [6.07, 6.45) is 0. The van der Waals surface area contributed by atoms with Crippen molar-refractivity contribution in [2.45, 2.75) is 11.8 Å². The Morgan fingerprint density at radius 2 is 1.80 bits per heavy atom. The van der Waals surface area contributed by atoms with Gasteiger partial charge >= 0.3 is 0 Å². The van der Waals surface area contributed by atoms with E-state index in [1.807, 2.05) is 0 Å². The number of nitrogens with two attached hydrogens (primary N) is 1. The number of sulfonamides is 1. The van der Waals surface area contributed by atoms with Gasteiger partial charge in [0, 0.05) is 22.0 Å². The Bertz CT molecular complexity index is 746. The molecule has 0 aromatic heterocycles. The number of anilines is 2. The Labute approximate surface area is 121 Å². The van der Waals surface area contributed by atoms with Crippen LogP contribution in [0.4, 0.5) is 15.8 Å². The van der Waals surface area contributed by atoms with Crippen molar-refractivity contribution in [1.29, 1.82) is 0 Å². The molecule has 0 aliphatic carbocycles. The molecule has 2 aromatic carbocycles. The van der Waals surface area contributed by atoms with Crippen molar-refractivity contribution >= 4 is 33.0 Å². The van der Waals surface area contributed by atoms with Crippen molar-refractivity contribution in [1.82, 2.24) is 0 Å². The Morgan fingerprint density at radius 1 is 1.20 bits per heavy atom. The van der Waals surface area contributed by atoms with Gasteiger partial charge in [-0.1, -0.05) is 11.6 Å². The Hall–Kier alpha value is -1.79. The minimum atomic E-state index is -3.91. The van der Waals surface area contributed by atoms with Gasteiger partial charge in [0.2, 0.25) is 0 Å². The topological polar surface area (TPSA) is 72.2 Å². The van der Waals surface area contributed by atoms with Crippen molar-refractivity contribution < 1.29 is 12.8 Å². The summed E-state index contributed by atoms with van der Waals surface area (Å²) in [5, 5.41) is 0.485. The summed E-state index contributed by atoms with van der Waals surface area (Å²) < 4.78 is 40.4. The molecule has 0 bridgehead atoms. The monoisotopic (exact) mass is 314 g/mol. The Balaban J connectivity index is 2.43. The summed E-state index contributed by atoms with van der Waals surface area (Å²) in [6.45, 7) is 1.38. The van der Waals surface area contributed by atoms with E-state index in [1.54, 1.807) is 12.1 Å². The average molecular weight is 315 g/mol. The first-order chi connectivity index (χ1) is 9.29. The number of halogens is 2. The fraction of sp³-hybridized carbons (Fsp3) is 0.0769. The maximum absolute atomic E-state index is 13.6. The standard InChI is InChI=1S/C13H12ClFN2O2S/c1-8-12(15)6-10(16)7-13(8)20(18,19)17-11-4-2-9(14)3-5-11/h2-7,17H,16H2,1H3. The van der Waals surface area contributed by atoms with Crippen molar-refractivity contribution in [3.8, 4) is 0 Å². The lowest BCUT2D eigenvalue weighted by molar-refractivity contribution is 0.591. The van der Waals surface area contributed by atoms with Crippen LogP contribution in [0.1, 0.15) is 5.56 Å². The van der Waals surface area contributed by atoms with Gasteiger partial charge in [-0.25, -0.2) is 12.8 Å². The number of benzene rings is 2. The van der Waals surface area contributed by atoms with E-state index in [0.717, 1.165) is 6.07 Å². The zero-order chi connectivity index (χ0) is 14.9. The van der Waals surface area contributed by atoms with E-state index >= 15 is 0 Å². The van der Waals surface area contributed by atoms with E-state index in [-0.39, 0.29) is 16.1 Å². The zero-order valence-electron chi connectivity index (χ0n) is 10.5. The number of nitrogens with one attached hydrogen (secondary N) is 1. The second-order valence-corrected chi connectivity index (χ2v) is 6.33. The third-order valence-corrected chi connectivity index (χ3v) is 4.46. The number of nitrogen functional groups attached to an aromatic ring is 1. The molecular formula is C13H12ClFN2O2S. The van der Waals surface area contributed by atoms with Gasteiger partial charge in [-0.15, -0.1) is 0 Å². The molecule has 2 aromatic rings. The maximum Gasteiger partial charge on any atom is 0.262 e. The van der Waals surface area contributed by atoms with Gasteiger partial charge < -0.3 is 5.73 Å². The highest BCUT2D eigenvalue weighted by Crippen LogP contribution is 2.24. The van der Waals surface area contributed by atoms with E-state index < -0.39 is 15.8 Å². The van der Waals surface area contributed by atoms with Gasteiger partial charge in [-0.05, 0) is 43.3 Å². The van der Waals surface area contributed by atoms with Crippen LogP contribution < -0.4 is 10.5 Å². The molecule has 0 aliphatic heterocycles. The van der Waals surface area contributed by atoms with Gasteiger partial charge in [-0.2, -0.15) is 0 Å². The van der Waals surface area contributed by atoms with Crippen LogP contribution in [-0.4, -0.2) is 8.42 Å². The van der Waals surface area contributed by atoms with Gasteiger partial charge in [0.25, 0.3) is 10.0 Å². The molecule has 0 saturated carbocycles. The van der Waals surface area contributed by atoms with Crippen LogP contribution in [0.15, 0.2) is 41.3 Å². The predicted molar refractivity (Wildman–Crippen MR) is 77.8 cm³/mol. The molecule has 0 aliphatic rings. The fourth-order valence-corrected chi connectivity index (χ4v) is 3.15. The van der Waals surface area contributed by atoms with Crippen molar-refractivity contribution in [2.24, 2.45) is 0 Å². The summed E-state index contributed by atoms with van der Waals surface area (Å²) in [4.78, 5) is -0.190. The van der Waals surface area contributed by atoms with Crippen molar-refractivity contribution in [3.63, 3.8) is 0 Å². The molecule has 3 N–H and O–H groups in total. The van der Waals surface area contributed by atoms with Crippen LogP contribution in [0.25, 0.3) is 0 Å². The van der Waals surface area contributed by atoms with Gasteiger partial charge in [0.05, 0.1) is 4.90 Å². The number of rotatable bonds is 3. The SMILES string of the molecule is Cc1c(F)cc(N)cc1S(=O)(=O)Nc1ccc(Cl)cc1. The van der Waals surface area contributed by atoms with E-state index in [1.165, 1.54) is 25.1 Å². The van der Waals surface area contributed by atoms with Gasteiger partial charge in [0.1, 0.15) is 5.82 Å². The summed E-state index contributed by atoms with van der Waals surface area (Å²) in [7, 11) is -3.91. The zero-order valence-corrected chi connectivity index (χ0v) is 12.1. The molecule has 0 unspecified atom stereocenters. The van der Waals surface area contributed by atoms with E-state index in [9.17, 15) is 12.8 Å². The first kappa shape index (κ1) is 14.6. The molecule has 0 spiro atoms. The first-order valence-corrected chi connectivity index (χ1v) is 7.50. The second-order valence-electron chi connectivity index (χ2n) is 4.24. The lowest BCUT2D eigenvalue weighted by Gasteiger charge is -2.11. The normalized spacial score (nSPS) is 11.3. The molecule has 106 valence electrons. The van der Waals surface area contributed by atoms with Gasteiger partial charge in [-0.3, -0.25) is 4.72 Å². The van der Waals surface area contributed by atoms with E-state index in [2.05, 4.69) is 4.72 Å². The molecule has 0 heterocycles. The van der Waals surface area contributed by atoms with E-state index in [0.29, 0.717) is 10.7 Å². The molecule has 7 heteroatoms. The molecular weight excluding hydrogens is 303 g/mol. The smallest absolute Gasteiger partial charge is 0.262 e. The highest BCUT2D eigenvalue weighted by Gasteiger charge is 2.20. The summed E-state index contributed by atoms with van der Waals surface area (Å²) >= 11 is 5.72. The van der Waals surface area contributed by atoms with Crippen LogP contribution in [-0.2, 0) is 10.0 Å². The highest BCUT2D eigenvalue weighted by molar-refractivity contribution is 7.92. The third-order valence-electron chi connectivity index (χ3n) is 2.70. The lowest BCUT2D eigenvalue weighted by atomic mass is 10.2. The first-order valence-electron chi connectivity index (χ1n) is 5.63. The Morgan fingerprint density at radius 3 is 2.40 bits per heavy atom. The molecule has 0 amide bonds. The number of hydrogen-bond donors (Lipinski definition) is 2. The Kier molecular flexibility index (Phi) is 3.87. The minimum absolute atomic E-state index is 0.0145. The average Bonchev–Trinajstić information content (AvgIpc) is 2.36. The van der Waals surface area contributed by atoms with Crippen LogP contribution >= 0.6 is 11.6 Å². The van der Waals surface area contributed by atoms with Crippen LogP contribution in [0, 0.1) is 12.7 Å². The summed E-state index contributed by atoms with van der Waals surface area (Å²) in [5.74, 6) is -0.665. The van der Waals surface area contributed by atoms with Gasteiger partial charge in [0.15, 0.2) is 0 Å². The summed E-state index contributed by atoms with van der Waals surface area (Å²) in [6, 6.07) is 8.42. The van der Waals surface area contributed by atoms with Crippen LogP contribution in [0.3, 0.4) is 0 Å². The molecule has 2 rings (SSSR count). The predicted octanol–water partition coefficient (Wildman–Crippen LogP) is 3.17. The van der Waals surface area contributed by atoms with Crippen molar-refractivity contribution in [2.75, 3.05) is 10.5 Å². The van der Waals surface area contributed by atoms with Crippen molar-refractivity contribution in [3.05, 3.63) is 52.8 Å². The second kappa shape index (κ2) is 5.30. The minimum Gasteiger partial charge on any atom is -0.399 e. The third kappa shape index (κ3) is 3.02. The van der Waals surface area contributed by atoms with Crippen LogP contribution in [0.5, 0.6) is 0 Å². The largest absolute Gasteiger partial charge is 0.399 e. The molecule has 4 nitrogen and oxygen atoms in total. The molecule has 20 heavy (non-hydrogen) atoms. The number of hydrogen-bond acceptors (Lipinski definition) is 3. The van der Waals surface area contributed by atoms with E-state index in [4.69, 9.17) is 17.3 Å². The molecule has 0 atom stereocenters. The van der Waals surface area contributed by atoms with Crippen LogP contribution in [0.2, 0.25) is 5.02 Å². The molecule has 0 saturated heterocycles. The highest BCUT2D eigenvalue weighted by atomic mass is 35.5. The maximum atomic E-state index is 13.6.